The molecule has 0 radical (unpaired) electrons. The summed E-state index contributed by atoms with van der Waals surface area (Å²) in [6, 6.07) is 13.2. The molecular weight excluding hydrogens is 310 g/mol. The van der Waals surface area contributed by atoms with E-state index in [0.29, 0.717) is 15.9 Å². The van der Waals surface area contributed by atoms with Gasteiger partial charge in [0.05, 0.1) is 16.8 Å². The van der Waals surface area contributed by atoms with Gasteiger partial charge in [0.2, 0.25) is 10.0 Å². The first-order valence-electron chi connectivity index (χ1n) is 6.15. The maximum absolute atomic E-state index is 11.4. The summed E-state index contributed by atoms with van der Waals surface area (Å²) in [5.41, 5.74) is 2.45. The average Bonchev–Trinajstić information content (AvgIpc) is 2.79. The van der Waals surface area contributed by atoms with Gasteiger partial charge in [-0.3, -0.25) is 9.82 Å². The van der Waals surface area contributed by atoms with Gasteiger partial charge in [-0.25, -0.2) is 8.42 Å². The summed E-state index contributed by atoms with van der Waals surface area (Å²) in [4.78, 5) is 0. The van der Waals surface area contributed by atoms with Crippen LogP contribution < -0.4 is 4.72 Å². The highest BCUT2D eigenvalue weighted by molar-refractivity contribution is 7.92. The quantitative estimate of drug-likeness (QED) is 0.777. The lowest BCUT2D eigenvalue weighted by molar-refractivity contribution is 0.606. The third kappa shape index (κ3) is 2.86. The lowest BCUT2D eigenvalue weighted by Gasteiger charge is -2.06. The van der Waals surface area contributed by atoms with E-state index in [0.717, 1.165) is 17.4 Å². The van der Waals surface area contributed by atoms with Crippen molar-refractivity contribution in [2.24, 2.45) is 0 Å². The molecule has 0 spiro atoms. The third-order valence-electron chi connectivity index (χ3n) is 3.02. The van der Waals surface area contributed by atoms with E-state index in [9.17, 15) is 8.42 Å². The number of rotatable bonds is 3. The van der Waals surface area contributed by atoms with Crippen LogP contribution in [0.3, 0.4) is 0 Å². The van der Waals surface area contributed by atoms with Crippen LogP contribution in [0.2, 0.25) is 5.02 Å². The van der Waals surface area contributed by atoms with Crippen LogP contribution in [-0.2, 0) is 10.0 Å². The fourth-order valence-corrected chi connectivity index (χ4v) is 2.91. The van der Waals surface area contributed by atoms with Gasteiger partial charge >= 0.3 is 0 Å². The molecule has 7 heteroatoms. The maximum Gasteiger partial charge on any atom is 0.231 e. The summed E-state index contributed by atoms with van der Waals surface area (Å²) < 4.78 is 25.1. The van der Waals surface area contributed by atoms with Gasteiger partial charge in [-0.05, 0) is 17.7 Å². The number of aromatic amines is 1. The van der Waals surface area contributed by atoms with Crippen LogP contribution in [0.5, 0.6) is 0 Å². The van der Waals surface area contributed by atoms with Crippen molar-refractivity contribution in [3.8, 4) is 11.1 Å². The summed E-state index contributed by atoms with van der Waals surface area (Å²) in [6.45, 7) is 0. The van der Waals surface area contributed by atoms with Gasteiger partial charge in [-0.2, -0.15) is 5.10 Å². The summed E-state index contributed by atoms with van der Waals surface area (Å²) >= 11 is 6.29. The Bertz CT molecular complexity index is 905. The van der Waals surface area contributed by atoms with Crippen molar-refractivity contribution >= 4 is 38.3 Å². The molecule has 3 rings (SSSR count). The van der Waals surface area contributed by atoms with Crippen molar-refractivity contribution < 1.29 is 8.42 Å². The Balaban J connectivity index is 2.19. The predicted octanol–water partition coefficient (Wildman–Crippen LogP) is 3.25. The van der Waals surface area contributed by atoms with E-state index in [4.69, 9.17) is 11.6 Å². The van der Waals surface area contributed by atoms with E-state index < -0.39 is 10.0 Å². The number of hydrogen-bond donors (Lipinski definition) is 2. The van der Waals surface area contributed by atoms with Gasteiger partial charge in [0.1, 0.15) is 0 Å². The molecule has 0 atom stereocenters. The minimum absolute atomic E-state index is 0.265. The van der Waals surface area contributed by atoms with E-state index in [-0.39, 0.29) is 5.82 Å². The molecule has 2 N–H and O–H groups in total. The Morgan fingerprint density at radius 3 is 2.57 bits per heavy atom. The van der Waals surface area contributed by atoms with E-state index in [1.54, 1.807) is 6.07 Å². The Labute approximate surface area is 127 Å². The van der Waals surface area contributed by atoms with Crippen LogP contribution in [0.25, 0.3) is 22.0 Å². The van der Waals surface area contributed by atoms with Crippen molar-refractivity contribution in [1.29, 1.82) is 0 Å². The van der Waals surface area contributed by atoms with Crippen molar-refractivity contribution in [1.82, 2.24) is 10.2 Å². The minimum atomic E-state index is -3.39. The Kier molecular flexibility index (Phi) is 3.35. The minimum Gasteiger partial charge on any atom is -0.276 e. The number of aromatic nitrogens is 2. The lowest BCUT2D eigenvalue weighted by atomic mass is 10.0. The summed E-state index contributed by atoms with van der Waals surface area (Å²) in [5.74, 6) is 0.265. The van der Waals surface area contributed by atoms with Crippen LogP contribution in [0.15, 0.2) is 42.5 Å². The lowest BCUT2D eigenvalue weighted by Crippen LogP contribution is -2.09. The van der Waals surface area contributed by atoms with E-state index in [1.165, 1.54) is 0 Å². The molecule has 2 aromatic carbocycles. The standard InChI is InChI=1S/C14H12ClN3O2S/c1-21(19,20)18-14-11-7-10(9-5-3-2-4-6-9)12(15)8-13(11)16-17-14/h2-8H,1H3,(H2,16,17,18). The fourth-order valence-electron chi connectivity index (χ4n) is 2.13. The van der Waals surface area contributed by atoms with Crippen LogP contribution >= 0.6 is 11.6 Å². The number of sulfonamides is 1. The zero-order valence-corrected chi connectivity index (χ0v) is 12.7. The Morgan fingerprint density at radius 1 is 1.19 bits per heavy atom. The number of nitrogens with one attached hydrogen (secondary N) is 2. The van der Waals surface area contributed by atoms with Crippen molar-refractivity contribution in [2.75, 3.05) is 11.0 Å². The molecule has 0 fully saturated rings. The molecule has 0 bridgehead atoms. The third-order valence-corrected chi connectivity index (χ3v) is 3.89. The summed E-state index contributed by atoms with van der Waals surface area (Å²) in [7, 11) is -3.39. The fraction of sp³-hybridized carbons (Fsp3) is 0.0714. The van der Waals surface area contributed by atoms with Gasteiger partial charge in [-0.15, -0.1) is 0 Å². The zero-order valence-electron chi connectivity index (χ0n) is 11.1. The average molecular weight is 322 g/mol. The molecule has 1 heterocycles. The molecule has 0 amide bonds. The van der Waals surface area contributed by atoms with Gasteiger partial charge in [0, 0.05) is 10.9 Å². The number of benzene rings is 2. The maximum atomic E-state index is 11.4. The largest absolute Gasteiger partial charge is 0.276 e. The first kappa shape index (κ1) is 13.9. The highest BCUT2D eigenvalue weighted by Crippen LogP contribution is 2.34. The second-order valence-corrected chi connectivity index (χ2v) is 6.85. The van der Waals surface area contributed by atoms with Crippen molar-refractivity contribution in [3.05, 3.63) is 47.5 Å². The molecule has 21 heavy (non-hydrogen) atoms. The Hall–Kier alpha value is -2.05. The molecule has 3 aromatic rings. The van der Waals surface area contributed by atoms with Crippen molar-refractivity contribution in [2.45, 2.75) is 0 Å². The normalized spacial score (nSPS) is 11.7. The highest BCUT2D eigenvalue weighted by Gasteiger charge is 2.13. The molecule has 0 aliphatic carbocycles. The van der Waals surface area contributed by atoms with Gasteiger partial charge in [0.15, 0.2) is 5.82 Å². The highest BCUT2D eigenvalue weighted by atomic mass is 35.5. The number of anilines is 1. The van der Waals surface area contributed by atoms with Gasteiger partial charge in [-0.1, -0.05) is 41.9 Å². The monoisotopic (exact) mass is 321 g/mol. The van der Waals surface area contributed by atoms with E-state index >= 15 is 0 Å². The van der Waals surface area contributed by atoms with Crippen LogP contribution in [0.1, 0.15) is 0 Å². The molecule has 0 aliphatic heterocycles. The first-order valence-corrected chi connectivity index (χ1v) is 8.42. The smallest absolute Gasteiger partial charge is 0.231 e. The second kappa shape index (κ2) is 5.05. The zero-order chi connectivity index (χ0) is 15.0. The number of halogens is 1. The second-order valence-electron chi connectivity index (χ2n) is 4.69. The molecule has 108 valence electrons. The summed E-state index contributed by atoms with van der Waals surface area (Å²) in [5, 5.41) is 7.99. The number of fused-ring (bicyclic) bond motifs is 1. The molecule has 1 aromatic heterocycles. The number of H-pyrrole nitrogens is 1. The molecule has 5 nitrogen and oxygen atoms in total. The topological polar surface area (TPSA) is 74.8 Å². The first-order chi connectivity index (χ1) is 9.94. The molecule has 0 saturated heterocycles. The van der Waals surface area contributed by atoms with E-state index in [2.05, 4.69) is 14.9 Å². The predicted molar refractivity (Wildman–Crippen MR) is 85.0 cm³/mol. The van der Waals surface area contributed by atoms with E-state index in [1.807, 2.05) is 36.4 Å². The molecule has 0 saturated carbocycles. The molecular formula is C14H12ClN3O2S. The Morgan fingerprint density at radius 2 is 1.90 bits per heavy atom. The van der Waals surface area contributed by atoms with Gasteiger partial charge < -0.3 is 0 Å². The van der Waals surface area contributed by atoms with Crippen LogP contribution in [0, 0.1) is 0 Å². The van der Waals surface area contributed by atoms with Crippen LogP contribution in [0.4, 0.5) is 5.82 Å². The number of hydrogen-bond acceptors (Lipinski definition) is 3. The molecule has 0 unspecified atom stereocenters. The number of nitrogens with zero attached hydrogens (tertiary/aromatic N) is 1. The van der Waals surface area contributed by atoms with Crippen molar-refractivity contribution in [3.63, 3.8) is 0 Å². The molecule has 0 aliphatic rings. The summed E-state index contributed by atoms with van der Waals surface area (Å²) in [6.07, 6.45) is 1.08. The van der Waals surface area contributed by atoms with Gasteiger partial charge in [0.25, 0.3) is 0 Å². The SMILES string of the molecule is CS(=O)(=O)Nc1n[nH]c2cc(Cl)c(-c3ccccc3)cc12. The van der Waals surface area contributed by atoms with Crippen LogP contribution in [-0.4, -0.2) is 24.9 Å².